The van der Waals surface area contributed by atoms with Crippen molar-refractivity contribution >= 4 is 23.4 Å². The van der Waals surface area contributed by atoms with E-state index in [9.17, 15) is 4.79 Å². The summed E-state index contributed by atoms with van der Waals surface area (Å²) in [5.74, 6) is 0.408. The van der Waals surface area contributed by atoms with Gasteiger partial charge in [-0.3, -0.25) is 0 Å². The highest BCUT2D eigenvalue weighted by Crippen LogP contribution is 2.29. The van der Waals surface area contributed by atoms with Crippen molar-refractivity contribution in [1.82, 2.24) is 4.98 Å². The van der Waals surface area contributed by atoms with E-state index in [2.05, 4.69) is 16.8 Å². The molecule has 0 spiro atoms. The van der Waals surface area contributed by atoms with Gasteiger partial charge in [-0.25, -0.2) is 9.78 Å². The molecular weight excluding hydrogens is 252 g/mol. The van der Waals surface area contributed by atoms with Crippen molar-refractivity contribution < 1.29 is 9.90 Å². The van der Waals surface area contributed by atoms with Crippen LogP contribution in [0.3, 0.4) is 0 Å². The standard InChI is InChI=1S/C13H17ClN2O2/c1-2-16(8-9-4-3-5-9)12-6-10(13(17)18)11(14)7-15-12/h6-7,9H,2-5,8H2,1H3,(H,17,18). The lowest BCUT2D eigenvalue weighted by Crippen LogP contribution is -2.33. The van der Waals surface area contributed by atoms with Gasteiger partial charge < -0.3 is 10.0 Å². The molecule has 1 heterocycles. The Labute approximate surface area is 112 Å². The Bertz CT molecular complexity index is 447. The minimum absolute atomic E-state index is 0.119. The monoisotopic (exact) mass is 268 g/mol. The zero-order valence-corrected chi connectivity index (χ0v) is 11.2. The van der Waals surface area contributed by atoms with Gasteiger partial charge in [0.05, 0.1) is 10.6 Å². The van der Waals surface area contributed by atoms with Gasteiger partial charge in [-0.15, -0.1) is 0 Å². The first-order valence-corrected chi connectivity index (χ1v) is 6.63. The summed E-state index contributed by atoms with van der Waals surface area (Å²) < 4.78 is 0. The highest BCUT2D eigenvalue weighted by atomic mass is 35.5. The lowest BCUT2D eigenvalue weighted by atomic mass is 9.85. The molecule has 0 saturated heterocycles. The summed E-state index contributed by atoms with van der Waals surface area (Å²) in [6, 6.07) is 1.56. The minimum Gasteiger partial charge on any atom is -0.478 e. The molecule has 1 fully saturated rings. The third kappa shape index (κ3) is 2.75. The number of pyridine rings is 1. The Morgan fingerprint density at radius 3 is 2.83 bits per heavy atom. The quantitative estimate of drug-likeness (QED) is 0.892. The molecule has 1 aromatic rings. The summed E-state index contributed by atoms with van der Waals surface area (Å²) in [6.07, 6.45) is 5.24. The Hall–Kier alpha value is -1.29. The fourth-order valence-corrected chi connectivity index (χ4v) is 2.32. The van der Waals surface area contributed by atoms with Gasteiger partial charge in [-0.05, 0) is 31.7 Å². The summed E-state index contributed by atoms with van der Waals surface area (Å²) in [5, 5.41) is 9.24. The molecule has 1 N–H and O–H groups in total. The summed E-state index contributed by atoms with van der Waals surface area (Å²) in [6.45, 7) is 3.82. The number of anilines is 1. The number of carboxylic acid groups (broad SMARTS) is 1. The second-order valence-corrected chi connectivity index (χ2v) is 5.07. The SMILES string of the molecule is CCN(CC1CCC1)c1cc(C(=O)O)c(Cl)cn1. The second kappa shape index (κ2) is 5.57. The molecule has 0 atom stereocenters. The summed E-state index contributed by atoms with van der Waals surface area (Å²) in [5.41, 5.74) is 0.119. The molecule has 0 aromatic carbocycles. The van der Waals surface area contributed by atoms with Crippen LogP contribution in [0, 0.1) is 5.92 Å². The lowest BCUT2D eigenvalue weighted by molar-refractivity contribution is 0.0697. The number of hydrogen-bond donors (Lipinski definition) is 1. The number of aromatic carboxylic acids is 1. The topological polar surface area (TPSA) is 53.4 Å². The van der Waals surface area contributed by atoms with E-state index in [1.54, 1.807) is 6.07 Å². The molecule has 0 amide bonds. The summed E-state index contributed by atoms with van der Waals surface area (Å²) in [7, 11) is 0. The maximum Gasteiger partial charge on any atom is 0.337 e. The fraction of sp³-hybridized carbons (Fsp3) is 0.538. The van der Waals surface area contributed by atoms with E-state index in [1.165, 1.54) is 25.5 Å². The average molecular weight is 269 g/mol. The van der Waals surface area contributed by atoms with Gasteiger partial charge in [0.2, 0.25) is 0 Å². The zero-order valence-electron chi connectivity index (χ0n) is 10.4. The van der Waals surface area contributed by atoms with Crippen LogP contribution in [-0.2, 0) is 0 Å². The molecule has 4 nitrogen and oxygen atoms in total. The number of nitrogens with zero attached hydrogens (tertiary/aromatic N) is 2. The van der Waals surface area contributed by atoms with Gasteiger partial charge >= 0.3 is 5.97 Å². The van der Waals surface area contributed by atoms with E-state index in [4.69, 9.17) is 16.7 Å². The van der Waals surface area contributed by atoms with Crippen LogP contribution in [0.15, 0.2) is 12.3 Å². The Kier molecular flexibility index (Phi) is 4.07. The molecule has 5 heteroatoms. The molecule has 1 aliphatic rings. The van der Waals surface area contributed by atoms with Crippen molar-refractivity contribution in [3.05, 3.63) is 22.8 Å². The largest absolute Gasteiger partial charge is 0.478 e. The smallest absolute Gasteiger partial charge is 0.337 e. The van der Waals surface area contributed by atoms with Crippen molar-refractivity contribution in [2.75, 3.05) is 18.0 Å². The van der Waals surface area contributed by atoms with E-state index in [0.29, 0.717) is 5.82 Å². The number of hydrogen-bond acceptors (Lipinski definition) is 3. The molecule has 0 unspecified atom stereocenters. The number of carbonyl (C=O) groups is 1. The van der Waals surface area contributed by atoms with Crippen LogP contribution < -0.4 is 4.90 Å². The highest BCUT2D eigenvalue weighted by molar-refractivity contribution is 6.33. The number of carboxylic acids is 1. The van der Waals surface area contributed by atoms with Crippen LogP contribution in [0.25, 0.3) is 0 Å². The van der Waals surface area contributed by atoms with E-state index in [0.717, 1.165) is 19.0 Å². The average Bonchev–Trinajstić information content (AvgIpc) is 2.29. The molecular formula is C13H17ClN2O2. The van der Waals surface area contributed by atoms with Crippen molar-refractivity contribution in [3.63, 3.8) is 0 Å². The van der Waals surface area contributed by atoms with Gasteiger partial charge in [0.25, 0.3) is 0 Å². The number of rotatable bonds is 5. The maximum absolute atomic E-state index is 11.0. The Balaban J connectivity index is 2.19. The van der Waals surface area contributed by atoms with Gasteiger partial charge in [0.15, 0.2) is 0 Å². The zero-order chi connectivity index (χ0) is 13.1. The predicted molar refractivity (Wildman–Crippen MR) is 71.4 cm³/mol. The van der Waals surface area contributed by atoms with Crippen LogP contribution in [0.4, 0.5) is 5.82 Å². The van der Waals surface area contributed by atoms with E-state index < -0.39 is 5.97 Å². The summed E-state index contributed by atoms with van der Waals surface area (Å²) in [4.78, 5) is 17.4. The van der Waals surface area contributed by atoms with Crippen LogP contribution in [-0.4, -0.2) is 29.1 Å². The van der Waals surface area contributed by atoms with Crippen LogP contribution >= 0.6 is 11.6 Å². The first-order valence-electron chi connectivity index (χ1n) is 6.25. The number of aromatic nitrogens is 1. The van der Waals surface area contributed by atoms with Crippen molar-refractivity contribution in [2.24, 2.45) is 5.92 Å². The first-order chi connectivity index (χ1) is 8.61. The van der Waals surface area contributed by atoms with Crippen LogP contribution in [0.1, 0.15) is 36.5 Å². The molecule has 1 aliphatic carbocycles. The fourth-order valence-electron chi connectivity index (χ4n) is 2.14. The van der Waals surface area contributed by atoms with E-state index in [-0.39, 0.29) is 10.6 Å². The molecule has 0 radical (unpaired) electrons. The molecule has 0 bridgehead atoms. The second-order valence-electron chi connectivity index (χ2n) is 4.66. The van der Waals surface area contributed by atoms with Crippen molar-refractivity contribution in [2.45, 2.75) is 26.2 Å². The van der Waals surface area contributed by atoms with Crippen molar-refractivity contribution in [3.8, 4) is 0 Å². The Morgan fingerprint density at radius 1 is 1.61 bits per heavy atom. The molecule has 98 valence electrons. The number of halogens is 1. The van der Waals surface area contributed by atoms with E-state index >= 15 is 0 Å². The maximum atomic E-state index is 11.0. The summed E-state index contributed by atoms with van der Waals surface area (Å²) >= 11 is 5.82. The highest BCUT2D eigenvalue weighted by Gasteiger charge is 2.21. The molecule has 1 saturated carbocycles. The van der Waals surface area contributed by atoms with Crippen LogP contribution in [0.5, 0.6) is 0 Å². The van der Waals surface area contributed by atoms with Crippen LogP contribution in [0.2, 0.25) is 5.02 Å². The van der Waals surface area contributed by atoms with Gasteiger partial charge in [-0.2, -0.15) is 0 Å². The molecule has 18 heavy (non-hydrogen) atoms. The molecule has 1 aromatic heterocycles. The predicted octanol–water partition coefficient (Wildman–Crippen LogP) is 3.06. The molecule has 0 aliphatic heterocycles. The Morgan fingerprint density at radius 2 is 2.33 bits per heavy atom. The van der Waals surface area contributed by atoms with Crippen molar-refractivity contribution in [1.29, 1.82) is 0 Å². The minimum atomic E-state index is -1.01. The lowest BCUT2D eigenvalue weighted by Gasteiger charge is -2.32. The molecule has 2 rings (SSSR count). The van der Waals surface area contributed by atoms with Gasteiger partial charge in [0, 0.05) is 19.3 Å². The van der Waals surface area contributed by atoms with E-state index in [1.807, 2.05) is 0 Å². The van der Waals surface area contributed by atoms with Gasteiger partial charge in [-0.1, -0.05) is 18.0 Å². The normalized spacial score (nSPS) is 15.2. The van der Waals surface area contributed by atoms with Gasteiger partial charge in [0.1, 0.15) is 5.82 Å². The third-order valence-corrected chi connectivity index (χ3v) is 3.78. The first kappa shape index (κ1) is 13.1. The third-order valence-electron chi connectivity index (χ3n) is 3.48.